The van der Waals surface area contributed by atoms with Gasteiger partial charge in [-0.3, -0.25) is 14.5 Å². The summed E-state index contributed by atoms with van der Waals surface area (Å²) in [6.45, 7) is 1.91. The molecule has 0 saturated carbocycles. The van der Waals surface area contributed by atoms with E-state index >= 15 is 0 Å². The predicted molar refractivity (Wildman–Crippen MR) is 101 cm³/mol. The first-order valence-corrected chi connectivity index (χ1v) is 9.42. The summed E-state index contributed by atoms with van der Waals surface area (Å²) in [5, 5.41) is 9.49. The molecule has 1 aliphatic rings. The Morgan fingerprint density at radius 3 is 2.81 bits per heavy atom. The Balaban J connectivity index is 1.71. The summed E-state index contributed by atoms with van der Waals surface area (Å²) in [6, 6.07) is 7.51. The van der Waals surface area contributed by atoms with Crippen molar-refractivity contribution in [1.29, 1.82) is 0 Å². The number of ether oxygens (including phenoxy) is 1. The smallest absolute Gasteiger partial charge is 0.317 e. The lowest BCUT2D eigenvalue weighted by atomic mass is 10.1. The summed E-state index contributed by atoms with van der Waals surface area (Å²) in [5.41, 5.74) is 0. The molecule has 1 amide bonds. The minimum absolute atomic E-state index is 0.0397. The fraction of sp³-hybridized carbons (Fsp3) is 0.579. The van der Waals surface area contributed by atoms with Crippen molar-refractivity contribution in [3.05, 3.63) is 29.3 Å². The van der Waals surface area contributed by atoms with Gasteiger partial charge in [0.15, 0.2) is 0 Å². The van der Waals surface area contributed by atoms with Crippen LogP contribution in [0.25, 0.3) is 0 Å². The number of carboxylic acids is 1. The first-order valence-electron chi connectivity index (χ1n) is 9.04. The van der Waals surface area contributed by atoms with E-state index in [2.05, 4.69) is 0 Å². The summed E-state index contributed by atoms with van der Waals surface area (Å²) in [5.74, 6) is -0.0433. The van der Waals surface area contributed by atoms with Crippen LogP contribution < -0.4 is 4.74 Å². The van der Waals surface area contributed by atoms with E-state index in [4.69, 9.17) is 21.4 Å². The SMILES string of the molecule is CN(CC(=O)O)C1CCCN(C(=O)CCCOc2ccccc2Cl)CC1. The molecule has 144 valence electrons. The van der Waals surface area contributed by atoms with E-state index in [-0.39, 0.29) is 18.5 Å². The van der Waals surface area contributed by atoms with Gasteiger partial charge in [0.05, 0.1) is 18.2 Å². The molecule has 6 nitrogen and oxygen atoms in total. The first-order chi connectivity index (χ1) is 12.5. The van der Waals surface area contributed by atoms with Crippen LogP contribution in [0.15, 0.2) is 24.3 Å². The molecule has 1 aromatic carbocycles. The summed E-state index contributed by atoms with van der Waals surface area (Å²) in [4.78, 5) is 27.0. The molecule has 2 rings (SSSR count). The molecule has 0 spiro atoms. The number of aliphatic carboxylic acids is 1. The van der Waals surface area contributed by atoms with Crippen LogP contribution in [0.5, 0.6) is 5.75 Å². The van der Waals surface area contributed by atoms with Crippen molar-refractivity contribution in [3.63, 3.8) is 0 Å². The highest BCUT2D eigenvalue weighted by Gasteiger charge is 2.23. The standard InChI is InChI=1S/C19H27ClN2O4/c1-21(14-19(24)25)15-6-4-11-22(12-10-15)18(23)9-5-13-26-17-8-3-2-7-16(17)20/h2-3,7-8,15H,4-6,9-14H2,1H3,(H,24,25). The molecule has 1 heterocycles. The van der Waals surface area contributed by atoms with Gasteiger partial charge in [-0.05, 0) is 44.9 Å². The molecule has 1 saturated heterocycles. The van der Waals surface area contributed by atoms with Gasteiger partial charge in [0.1, 0.15) is 5.75 Å². The third kappa shape index (κ3) is 6.50. The van der Waals surface area contributed by atoms with Crippen molar-refractivity contribution in [2.45, 2.75) is 38.1 Å². The molecule has 1 atom stereocenters. The maximum Gasteiger partial charge on any atom is 0.317 e. The molecule has 1 fully saturated rings. The lowest BCUT2D eigenvalue weighted by Gasteiger charge is -2.25. The Morgan fingerprint density at radius 1 is 1.31 bits per heavy atom. The average Bonchev–Trinajstić information content (AvgIpc) is 2.85. The van der Waals surface area contributed by atoms with Gasteiger partial charge >= 0.3 is 5.97 Å². The van der Waals surface area contributed by atoms with Gasteiger partial charge in [0.2, 0.25) is 5.91 Å². The number of nitrogens with zero attached hydrogens (tertiary/aromatic N) is 2. The number of hydrogen-bond acceptors (Lipinski definition) is 4. The van der Waals surface area contributed by atoms with Gasteiger partial charge in [0.25, 0.3) is 0 Å². The maximum absolute atomic E-state index is 12.4. The number of amides is 1. The Labute approximate surface area is 159 Å². The Hall–Kier alpha value is -1.79. The van der Waals surface area contributed by atoms with E-state index < -0.39 is 5.97 Å². The number of benzene rings is 1. The van der Waals surface area contributed by atoms with Crippen molar-refractivity contribution in [1.82, 2.24) is 9.80 Å². The largest absolute Gasteiger partial charge is 0.492 e. The highest BCUT2D eigenvalue weighted by atomic mass is 35.5. The zero-order chi connectivity index (χ0) is 18.9. The van der Waals surface area contributed by atoms with Crippen LogP contribution in [0.2, 0.25) is 5.02 Å². The number of carboxylic acid groups (broad SMARTS) is 1. The van der Waals surface area contributed by atoms with Gasteiger partial charge in [-0.1, -0.05) is 23.7 Å². The lowest BCUT2D eigenvalue weighted by Crippen LogP contribution is -2.37. The van der Waals surface area contributed by atoms with Crippen LogP contribution in [0, 0.1) is 0 Å². The molecule has 1 aliphatic heterocycles. The van der Waals surface area contributed by atoms with Gasteiger partial charge in [-0.2, -0.15) is 0 Å². The fourth-order valence-electron chi connectivity index (χ4n) is 3.24. The molecule has 1 unspecified atom stereocenters. The van der Waals surface area contributed by atoms with Crippen LogP contribution in [0.4, 0.5) is 0 Å². The number of likely N-dealkylation sites (tertiary alicyclic amines) is 1. The Morgan fingerprint density at radius 2 is 2.08 bits per heavy atom. The lowest BCUT2D eigenvalue weighted by molar-refractivity contribution is -0.138. The summed E-state index contributed by atoms with van der Waals surface area (Å²) >= 11 is 6.04. The minimum Gasteiger partial charge on any atom is -0.492 e. The number of para-hydroxylation sites is 1. The van der Waals surface area contributed by atoms with E-state index in [1.54, 1.807) is 6.07 Å². The topological polar surface area (TPSA) is 70.1 Å². The number of likely N-dealkylation sites (N-methyl/N-ethyl adjacent to an activating group) is 1. The molecule has 1 aromatic rings. The maximum atomic E-state index is 12.4. The molecular weight excluding hydrogens is 356 g/mol. The van der Waals surface area contributed by atoms with Crippen LogP contribution in [0.3, 0.4) is 0 Å². The number of rotatable bonds is 8. The average molecular weight is 383 g/mol. The van der Waals surface area contributed by atoms with Crippen LogP contribution in [-0.4, -0.2) is 66.1 Å². The second-order valence-corrected chi connectivity index (χ2v) is 7.06. The van der Waals surface area contributed by atoms with Gasteiger partial charge < -0.3 is 14.7 Å². The fourth-order valence-corrected chi connectivity index (χ4v) is 3.43. The number of carbonyl (C=O) groups is 2. The Kier molecular flexibility index (Phi) is 8.19. The summed E-state index contributed by atoms with van der Waals surface area (Å²) in [6.07, 6.45) is 3.72. The molecule has 0 bridgehead atoms. The van der Waals surface area contributed by atoms with Crippen molar-refractivity contribution in [3.8, 4) is 5.75 Å². The van der Waals surface area contributed by atoms with Crippen LogP contribution >= 0.6 is 11.6 Å². The molecule has 7 heteroatoms. The summed E-state index contributed by atoms with van der Waals surface area (Å²) < 4.78 is 5.62. The quantitative estimate of drug-likeness (QED) is 0.700. The van der Waals surface area contributed by atoms with Crippen molar-refractivity contribution >= 4 is 23.5 Å². The highest BCUT2D eigenvalue weighted by molar-refractivity contribution is 6.32. The number of halogens is 1. The second kappa shape index (κ2) is 10.4. The minimum atomic E-state index is -0.816. The van der Waals surface area contributed by atoms with E-state index in [0.717, 1.165) is 25.8 Å². The normalized spacial score (nSPS) is 17.8. The van der Waals surface area contributed by atoms with E-state index in [0.29, 0.717) is 36.8 Å². The van der Waals surface area contributed by atoms with Crippen molar-refractivity contribution < 1.29 is 19.4 Å². The number of carbonyl (C=O) groups excluding carboxylic acids is 1. The van der Waals surface area contributed by atoms with Crippen LogP contribution in [0.1, 0.15) is 32.1 Å². The molecule has 1 N–H and O–H groups in total. The predicted octanol–water partition coefficient (Wildman–Crippen LogP) is 2.90. The van der Waals surface area contributed by atoms with E-state index in [9.17, 15) is 9.59 Å². The highest BCUT2D eigenvalue weighted by Crippen LogP contribution is 2.23. The van der Waals surface area contributed by atoms with E-state index in [1.807, 2.05) is 35.0 Å². The molecular formula is C19H27ClN2O4. The molecule has 0 radical (unpaired) electrons. The molecule has 26 heavy (non-hydrogen) atoms. The molecule has 0 aromatic heterocycles. The molecule has 0 aliphatic carbocycles. The second-order valence-electron chi connectivity index (χ2n) is 6.66. The first kappa shape index (κ1) is 20.5. The van der Waals surface area contributed by atoms with Gasteiger partial charge in [-0.15, -0.1) is 0 Å². The summed E-state index contributed by atoms with van der Waals surface area (Å²) in [7, 11) is 1.84. The zero-order valence-corrected chi connectivity index (χ0v) is 16.0. The van der Waals surface area contributed by atoms with Crippen molar-refractivity contribution in [2.24, 2.45) is 0 Å². The number of hydrogen-bond donors (Lipinski definition) is 1. The van der Waals surface area contributed by atoms with Crippen LogP contribution in [-0.2, 0) is 9.59 Å². The van der Waals surface area contributed by atoms with Gasteiger partial charge in [-0.25, -0.2) is 0 Å². The Bertz CT molecular complexity index is 611. The zero-order valence-electron chi connectivity index (χ0n) is 15.2. The van der Waals surface area contributed by atoms with Crippen molar-refractivity contribution in [2.75, 3.05) is 33.3 Å². The third-order valence-corrected chi connectivity index (χ3v) is 5.00. The van der Waals surface area contributed by atoms with Gasteiger partial charge in [0, 0.05) is 25.6 Å². The van der Waals surface area contributed by atoms with E-state index in [1.165, 1.54) is 0 Å². The monoisotopic (exact) mass is 382 g/mol. The third-order valence-electron chi connectivity index (χ3n) is 4.69.